The van der Waals surface area contributed by atoms with E-state index in [2.05, 4.69) is 34.1 Å². The minimum absolute atomic E-state index is 0.00270. The number of Topliss-reactive ketones (excluding diaryl/α,β-unsaturated/α-hetero) is 1. The third-order valence-corrected chi connectivity index (χ3v) is 12.7. The first-order valence-corrected chi connectivity index (χ1v) is 18.7. The molecule has 4 aliphatic rings. The Morgan fingerprint density at radius 1 is 0.653 bits per heavy atom. The summed E-state index contributed by atoms with van der Waals surface area (Å²) in [5, 5.41) is 34.1. The molecule has 1 saturated carbocycles. The van der Waals surface area contributed by atoms with Crippen molar-refractivity contribution in [3.05, 3.63) is 57.5 Å². The lowest BCUT2D eigenvalue weighted by Gasteiger charge is -2.29. The molecule has 1 atom stereocenters. The van der Waals surface area contributed by atoms with Gasteiger partial charge in [0.25, 0.3) is 5.56 Å². The minimum atomic E-state index is -0.217. The Bertz CT molecular complexity index is 2480. The SMILES string of the molecule is CCC1CC(=O)c2cc(N3CCCC3)c3c4ccc5c(=O)n(C6CCCCC6)c(O)c6cc(N7CCCC7)c(c7ccc(c2c73)=C1O)c4c65. The molecule has 2 aliphatic heterocycles. The number of hydrogen-bond donors (Lipinski definition) is 2. The molecule has 49 heavy (non-hydrogen) atoms. The van der Waals surface area contributed by atoms with Crippen molar-refractivity contribution in [3.8, 4) is 5.88 Å². The first-order valence-electron chi connectivity index (χ1n) is 18.7. The van der Waals surface area contributed by atoms with Gasteiger partial charge in [-0.3, -0.25) is 14.2 Å². The summed E-state index contributed by atoms with van der Waals surface area (Å²) in [7, 11) is 0. The van der Waals surface area contributed by atoms with E-state index in [-0.39, 0.29) is 29.2 Å². The van der Waals surface area contributed by atoms with Crippen LogP contribution in [0.2, 0.25) is 0 Å². The lowest BCUT2D eigenvalue weighted by molar-refractivity contribution is 0.0967. The van der Waals surface area contributed by atoms with Crippen LogP contribution in [0.1, 0.15) is 94.0 Å². The predicted octanol–water partition coefficient (Wildman–Crippen LogP) is 8.46. The zero-order chi connectivity index (χ0) is 33.1. The van der Waals surface area contributed by atoms with Gasteiger partial charge >= 0.3 is 0 Å². The number of aromatic nitrogens is 1. The van der Waals surface area contributed by atoms with Gasteiger partial charge < -0.3 is 20.0 Å². The summed E-state index contributed by atoms with van der Waals surface area (Å²) in [6.45, 7) is 5.75. The van der Waals surface area contributed by atoms with Gasteiger partial charge in [-0.1, -0.05) is 44.4 Å². The average Bonchev–Trinajstić information content (AvgIpc) is 3.86. The van der Waals surface area contributed by atoms with E-state index in [9.17, 15) is 19.8 Å². The standard InChI is InChI=1S/C42H43N3O4/c1-2-23-20-33(46)29-21-31(43-16-6-7-17-43)36-26-13-15-28-35-30(42(49)45(41(28)48)24-10-4-3-5-11-24)22-32(44-18-8-9-19-44)37(39(26)35)25-12-14-27(40(23)47)34(29)38(25)36/h12-15,21-24,47,49H,2-11,16-20H2,1H3. The Balaban J connectivity index is 1.46. The van der Waals surface area contributed by atoms with Crippen molar-refractivity contribution in [2.75, 3.05) is 36.0 Å². The minimum Gasteiger partial charge on any atom is -0.511 e. The molecule has 250 valence electrons. The zero-order valence-corrected chi connectivity index (χ0v) is 28.3. The summed E-state index contributed by atoms with van der Waals surface area (Å²) in [6.07, 6.45) is 10.5. The van der Waals surface area contributed by atoms with Crippen LogP contribution in [-0.2, 0) is 0 Å². The van der Waals surface area contributed by atoms with Gasteiger partial charge in [0, 0.05) is 110 Å². The normalized spacial score (nSPS) is 20.8. The molecule has 0 spiro atoms. The number of rotatable bonds is 4. The zero-order valence-electron chi connectivity index (χ0n) is 28.3. The van der Waals surface area contributed by atoms with Crippen molar-refractivity contribution in [2.24, 2.45) is 5.92 Å². The number of aliphatic hydroxyl groups excluding tert-OH is 1. The topological polar surface area (TPSA) is 86.0 Å². The second-order valence-electron chi connectivity index (χ2n) is 15.3. The average molecular weight is 654 g/mol. The first kappa shape index (κ1) is 29.4. The van der Waals surface area contributed by atoms with Crippen LogP contribution >= 0.6 is 0 Å². The van der Waals surface area contributed by atoms with Crippen LogP contribution in [0.15, 0.2) is 41.2 Å². The van der Waals surface area contributed by atoms with E-state index < -0.39 is 0 Å². The van der Waals surface area contributed by atoms with E-state index >= 15 is 0 Å². The second kappa shape index (κ2) is 10.7. The molecule has 2 saturated heterocycles. The molecule has 0 radical (unpaired) electrons. The molecule has 2 aliphatic carbocycles. The molecule has 0 amide bonds. The van der Waals surface area contributed by atoms with E-state index in [1.807, 2.05) is 19.1 Å². The summed E-state index contributed by atoms with van der Waals surface area (Å²) >= 11 is 0. The van der Waals surface area contributed by atoms with Crippen LogP contribution in [0.25, 0.3) is 59.6 Å². The summed E-state index contributed by atoms with van der Waals surface area (Å²) in [5.74, 6) is 0.275. The summed E-state index contributed by atoms with van der Waals surface area (Å²) in [4.78, 5) is 33.5. The smallest absolute Gasteiger partial charge is 0.261 e. The van der Waals surface area contributed by atoms with Crippen molar-refractivity contribution in [1.82, 2.24) is 4.57 Å². The number of ketones is 1. The summed E-state index contributed by atoms with van der Waals surface area (Å²) in [6, 6.07) is 12.6. The molecule has 7 nitrogen and oxygen atoms in total. The van der Waals surface area contributed by atoms with Crippen molar-refractivity contribution in [2.45, 2.75) is 83.6 Å². The lowest BCUT2D eigenvalue weighted by atomic mass is 9.83. The molecular weight excluding hydrogens is 610 g/mol. The molecule has 0 bridgehead atoms. The molecule has 2 N–H and O–H groups in total. The third-order valence-electron chi connectivity index (χ3n) is 12.7. The van der Waals surface area contributed by atoms with Crippen LogP contribution in [0, 0.1) is 5.92 Å². The molecule has 1 unspecified atom stereocenters. The van der Waals surface area contributed by atoms with E-state index in [1.54, 1.807) is 4.57 Å². The van der Waals surface area contributed by atoms with Gasteiger partial charge in [0.05, 0.1) is 0 Å². The maximum absolute atomic E-state index is 14.5. The van der Waals surface area contributed by atoms with Crippen molar-refractivity contribution >= 4 is 76.8 Å². The fourth-order valence-corrected chi connectivity index (χ4v) is 10.3. The van der Waals surface area contributed by atoms with Crippen molar-refractivity contribution < 1.29 is 15.0 Å². The number of carbonyl (C=O) groups is 1. The highest BCUT2D eigenvalue weighted by molar-refractivity contribution is 6.42. The maximum atomic E-state index is 14.5. The molecular formula is C42H43N3O4. The number of hydrogen-bond acceptors (Lipinski definition) is 6. The Labute approximate surface area is 284 Å². The Kier molecular flexibility index (Phi) is 6.44. The lowest BCUT2D eigenvalue weighted by Crippen LogP contribution is -2.27. The van der Waals surface area contributed by atoms with Crippen LogP contribution < -0.4 is 20.6 Å². The molecule has 7 heteroatoms. The molecule has 3 heterocycles. The van der Waals surface area contributed by atoms with Crippen LogP contribution in [0.4, 0.5) is 11.4 Å². The van der Waals surface area contributed by atoms with E-state index in [0.29, 0.717) is 29.6 Å². The van der Waals surface area contributed by atoms with Gasteiger partial charge in [-0.05, 0) is 73.9 Å². The fraction of sp³-hybridized carbons (Fsp3) is 0.429. The predicted molar refractivity (Wildman–Crippen MR) is 200 cm³/mol. The molecule has 10 rings (SSSR count). The Morgan fingerprint density at radius 3 is 1.90 bits per heavy atom. The molecule has 1 aromatic heterocycles. The van der Waals surface area contributed by atoms with Gasteiger partial charge in [0.15, 0.2) is 5.78 Å². The van der Waals surface area contributed by atoms with E-state index in [1.165, 1.54) is 6.42 Å². The van der Waals surface area contributed by atoms with E-state index in [0.717, 1.165) is 143 Å². The Hall–Kier alpha value is -4.52. The summed E-state index contributed by atoms with van der Waals surface area (Å²) < 4.78 is 1.71. The van der Waals surface area contributed by atoms with Gasteiger partial charge in [-0.15, -0.1) is 0 Å². The van der Waals surface area contributed by atoms with E-state index in [4.69, 9.17) is 0 Å². The number of carbonyl (C=O) groups excluding carboxylic acids is 1. The number of aliphatic hydroxyl groups is 1. The van der Waals surface area contributed by atoms with Crippen LogP contribution in [0.3, 0.4) is 0 Å². The van der Waals surface area contributed by atoms with Crippen molar-refractivity contribution in [3.63, 3.8) is 0 Å². The second-order valence-corrected chi connectivity index (χ2v) is 15.3. The monoisotopic (exact) mass is 653 g/mol. The Morgan fingerprint density at radius 2 is 1.24 bits per heavy atom. The number of benzene rings is 5. The molecule has 6 aromatic rings. The first-order chi connectivity index (χ1) is 24.0. The number of nitrogens with zero attached hydrogens (tertiary/aromatic N) is 3. The maximum Gasteiger partial charge on any atom is 0.261 e. The number of pyridine rings is 1. The van der Waals surface area contributed by atoms with Gasteiger partial charge in [0.2, 0.25) is 5.88 Å². The van der Waals surface area contributed by atoms with Gasteiger partial charge in [-0.2, -0.15) is 0 Å². The van der Waals surface area contributed by atoms with Gasteiger partial charge in [-0.25, -0.2) is 0 Å². The van der Waals surface area contributed by atoms with Crippen LogP contribution in [-0.4, -0.2) is 46.7 Å². The largest absolute Gasteiger partial charge is 0.511 e. The van der Waals surface area contributed by atoms with Crippen molar-refractivity contribution in [1.29, 1.82) is 0 Å². The molecule has 5 aromatic carbocycles. The quantitative estimate of drug-likeness (QED) is 0.147. The third kappa shape index (κ3) is 3.96. The highest BCUT2D eigenvalue weighted by Gasteiger charge is 2.33. The molecule has 3 fully saturated rings. The fourth-order valence-electron chi connectivity index (χ4n) is 10.3. The highest BCUT2D eigenvalue weighted by atomic mass is 16.3. The number of anilines is 2. The number of aromatic hydroxyl groups is 1. The summed E-state index contributed by atoms with van der Waals surface area (Å²) in [5.41, 5.74) is 2.75. The van der Waals surface area contributed by atoms with Crippen LogP contribution in [0.5, 0.6) is 5.88 Å². The van der Waals surface area contributed by atoms with Gasteiger partial charge in [0.1, 0.15) is 5.76 Å². The number of fused-ring (bicyclic) bond motifs is 2. The highest BCUT2D eigenvalue weighted by Crippen LogP contribution is 2.52.